The van der Waals surface area contributed by atoms with Gasteiger partial charge in [0, 0.05) is 39.2 Å². The Labute approximate surface area is 442 Å². The number of phenolic OH excluding ortho intramolecular Hbond substituents is 3. The third kappa shape index (κ3) is 12.1. The Morgan fingerprint density at radius 3 is 1.72 bits per heavy atom. The van der Waals surface area contributed by atoms with Crippen LogP contribution in [-0.4, -0.2) is 61.3 Å². The number of nitrogens with zero attached hydrogens (tertiary/aromatic N) is 4. The van der Waals surface area contributed by atoms with Gasteiger partial charge in [0.05, 0.1) is 12.0 Å². The molecule has 0 atom stereocenters. The van der Waals surface area contributed by atoms with E-state index >= 15 is 0 Å². The predicted molar refractivity (Wildman–Crippen MR) is 219 cm³/mol. The van der Waals surface area contributed by atoms with Crippen molar-refractivity contribution in [2.75, 3.05) is 12.4 Å². The standard InChI is InChI=1S/C39H29N5O13S3.Cu.3Na/c1-57-33-17-22(9-14-31(33)42-43-36-28-12-11-27(58(48,49)50)15-24(28)19-35(39(36)47)60(54,55)56)21-8-13-30(32(45)16-21)41-44-37-34(59(51,52)53)18-23-7-10-26(20-29(23)38(37)46)40-25-5-3-2-4-6-25;;;;/h2-20,40,45-47H,1H3,(H,48,49,50)(H,51,52,53)(H,54,55,56);;;;/q;;3*+1. The van der Waals surface area contributed by atoms with E-state index in [0.29, 0.717) is 16.8 Å². The fraction of sp³-hybridized carbons (Fsp3) is 0.0256. The van der Waals surface area contributed by atoms with Crippen LogP contribution in [0.5, 0.6) is 23.0 Å². The van der Waals surface area contributed by atoms with Crippen molar-refractivity contribution in [3.05, 3.63) is 115 Å². The second-order valence-corrected chi connectivity index (χ2v) is 17.1. The molecule has 0 saturated carbocycles. The van der Waals surface area contributed by atoms with E-state index in [1.807, 2.05) is 30.3 Å². The molecule has 25 heteroatoms. The molecule has 7 aromatic rings. The number of rotatable bonds is 11. The van der Waals surface area contributed by atoms with Gasteiger partial charge in [-0.3, -0.25) is 13.7 Å². The van der Waals surface area contributed by atoms with Gasteiger partial charge in [0.2, 0.25) is 0 Å². The number of phenols is 3. The summed E-state index contributed by atoms with van der Waals surface area (Å²) in [5, 5.41) is 52.4. The van der Waals surface area contributed by atoms with Crippen LogP contribution < -0.4 is 98.7 Å². The van der Waals surface area contributed by atoms with Crippen molar-refractivity contribution in [3.8, 4) is 34.1 Å². The van der Waals surface area contributed by atoms with Crippen LogP contribution >= 0.6 is 0 Å². The molecule has 317 valence electrons. The largest absolute Gasteiger partial charge is 1.00 e. The molecule has 0 aliphatic rings. The first-order valence-corrected chi connectivity index (χ1v) is 21.3. The number of hydrogen-bond acceptors (Lipinski definition) is 15. The maximum Gasteiger partial charge on any atom is 1.00 e. The third-order valence-electron chi connectivity index (χ3n) is 9.00. The molecule has 0 amide bonds. The van der Waals surface area contributed by atoms with E-state index in [9.17, 15) is 54.2 Å². The maximum atomic E-state index is 12.4. The normalized spacial score (nSPS) is 11.7. The molecule has 0 bridgehead atoms. The Morgan fingerprint density at radius 1 is 0.516 bits per heavy atom. The van der Waals surface area contributed by atoms with Crippen LogP contribution in [0.2, 0.25) is 0 Å². The Kier molecular flexibility index (Phi) is 18.7. The zero-order valence-corrected chi connectivity index (χ0v) is 43.2. The van der Waals surface area contributed by atoms with Gasteiger partial charge in [-0.15, -0.1) is 20.5 Å². The van der Waals surface area contributed by atoms with Crippen LogP contribution in [0, 0.1) is 0 Å². The molecule has 7 rings (SSSR count). The van der Waals surface area contributed by atoms with Gasteiger partial charge in [0.1, 0.15) is 44.0 Å². The van der Waals surface area contributed by atoms with E-state index in [4.69, 9.17) is 4.74 Å². The molecule has 0 heterocycles. The molecular formula is C39H29CuN5Na3O13S3+3. The molecule has 64 heavy (non-hydrogen) atoms. The van der Waals surface area contributed by atoms with E-state index in [1.54, 1.807) is 24.3 Å². The Hall–Kier alpha value is -3.49. The monoisotopic (exact) mass is 1000 g/mol. The summed E-state index contributed by atoms with van der Waals surface area (Å²) in [5.74, 6) is -1.90. The average Bonchev–Trinajstić information content (AvgIpc) is 3.19. The van der Waals surface area contributed by atoms with Crippen molar-refractivity contribution in [1.29, 1.82) is 0 Å². The van der Waals surface area contributed by atoms with Gasteiger partial charge >= 0.3 is 88.7 Å². The summed E-state index contributed by atoms with van der Waals surface area (Å²) in [6.07, 6.45) is 0. The van der Waals surface area contributed by atoms with E-state index < -0.39 is 73.7 Å². The number of aromatic hydroxyl groups is 3. The van der Waals surface area contributed by atoms with Crippen LogP contribution in [0.25, 0.3) is 32.7 Å². The first-order valence-electron chi connectivity index (χ1n) is 17.0. The molecule has 0 spiro atoms. The van der Waals surface area contributed by atoms with Crippen LogP contribution in [0.3, 0.4) is 0 Å². The number of fused-ring (bicyclic) bond motifs is 2. The second kappa shape index (κ2) is 21.9. The van der Waals surface area contributed by atoms with Gasteiger partial charge in [-0.05, 0) is 94.7 Å². The van der Waals surface area contributed by atoms with Crippen molar-refractivity contribution in [1.82, 2.24) is 0 Å². The number of methoxy groups -OCH3 is 1. The number of para-hydroxylation sites is 1. The molecule has 1 radical (unpaired) electrons. The molecule has 0 aliphatic heterocycles. The van der Waals surface area contributed by atoms with Gasteiger partial charge in [0.25, 0.3) is 30.4 Å². The van der Waals surface area contributed by atoms with Gasteiger partial charge < -0.3 is 25.4 Å². The number of nitrogens with one attached hydrogen (secondary N) is 1. The van der Waals surface area contributed by atoms with Crippen molar-refractivity contribution >= 4 is 86.0 Å². The van der Waals surface area contributed by atoms with Crippen molar-refractivity contribution in [3.63, 3.8) is 0 Å². The molecule has 0 aliphatic carbocycles. The SMILES string of the molecule is COc1cc(-c2ccc(N=Nc3c(S(=O)(=O)O)cc4ccc(Nc5ccccc5)cc4c3O)c(O)c2)ccc1N=Nc1c(O)c(S(=O)(=O)O)cc2cc(S(=O)(=O)O)ccc12.[Cu].[Na+].[Na+].[Na+]. The molecule has 7 aromatic carbocycles. The Morgan fingerprint density at radius 2 is 1.11 bits per heavy atom. The molecule has 7 N–H and O–H groups in total. The van der Waals surface area contributed by atoms with Crippen LogP contribution in [0.15, 0.2) is 150 Å². The summed E-state index contributed by atoms with van der Waals surface area (Å²) >= 11 is 0. The first kappa shape index (κ1) is 54.8. The van der Waals surface area contributed by atoms with E-state index in [1.165, 1.54) is 37.4 Å². The number of benzene rings is 7. The summed E-state index contributed by atoms with van der Waals surface area (Å²) in [6, 6.07) is 27.6. The summed E-state index contributed by atoms with van der Waals surface area (Å²) in [4.78, 5) is -2.31. The number of anilines is 2. The zero-order chi connectivity index (χ0) is 43.1. The minimum atomic E-state index is -5.05. The molecule has 0 fully saturated rings. The molecule has 0 unspecified atom stereocenters. The van der Waals surface area contributed by atoms with E-state index in [0.717, 1.165) is 36.0 Å². The van der Waals surface area contributed by atoms with Gasteiger partial charge in [-0.1, -0.05) is 42.5 Å². The van der Waals surface area contributed by atoms with E-state index in [-0.39, 0.29) is 144 Å². The number of azo groups is 2. The predicted octanol–water partition coefficient (Wildman–Crippen LogP) is 0.109. The molecule has 0 saturated heterocycles. The van der Waals surface area contributed by atoms with Crippen molar-refractivity contribution in [2.24, 2.45) is 20.5 Å². The van der Waals surface area contributed by atoms with Gasteiger partial charge in [-0.2, -0.15) is 25.3 Å². The minimum absolute atomic E-state index is 0. The Balaban J connectivity index is 0.00000272. The topological polar surface area (TPSA) is 294 Å². The molecule has 18 nitrogen and oxygen atoms in total. The fourth-order valence-electron chi connectivity index (χ4n) is 6.12. The summed E-state index contributed by atoms with van der Waals surface area (Å²) in [5.41, 5.74) is 1.07. The van der Waals surface area contributed by atoms with Crippen LogP contribution in [-0.2, 0) is 47.4 Å². The molecular weight excluding hydrogens is 975 g/mol. The van der Waals surface area contributed by atoms with Crippen LogP contribution in [0.1, 0.15) is 0 Å². The zero-order valence-electron chi connectivity index (χ0n) is 33.8. The fourth-order valence-corrected chi connectivity index (χ4v) is 7.91. The average molecular weight is 1000 g/mol. The number of hydrogen-bond donors (Lipinski definition) is 7. The molecule has 0 aromatic heterocycles. The van der Waals surface area contributed by atoms with Gasteiger partial charge in [-0.25, -0.2) is 0 Å². The summed E-state index contributed by atoms with van der Waals surface area (Å²) in [7, 11) is -13.4. The summed E-state index contributed by atoms with van der Waals surface area (Å²) < 4.78 is 107. The van der Waals surface area contributed by atoms with Gasteiger partial charge in [0.15, 0.2) is 11.5 Å². The number of ether oxygens (including phenoxy) is 1. The van der Waals surface area contributed by atoms with Crippen molar-refractivity contribution < 1.29 is 165 Å². The van der Waals surface area contributed by atoms with Crippen molar-refractivity contribution in [2.45, 2.75) is 14.7 Å². The Bertz CT molecular complexity index is 3320. The first-order chi connectivity index (χ1) is 28.3. The smallest absolute Gasteiger partial charge is 0.506 e. The quantitative estimate of drug-likeness (QED) is 0.0515. The van der Waals surface area contributed by atoms with E-state index in [2.05, 4.69) is 25.8 Å². The summed E-state index contributed by atoms with van der Waals surface area (Å²) in [6.45, 7) is 0. The minimum Gasteiger partial charge on any atom is -0.506 e. The second-order valence-electron chi connectivity index (χ2n) is 12.9. The van der Waals surface area contributed by atoms with Crippen LogP contribution in [0.4, 0.5) is 34.1 Å². The maximum absolute atomic E-state index is 12.4. The third-order valence-corrected chi connectivity index (χ3v) is 11.6.